The number of rotatable bonds is 6. The van der Waals surface area contributed by atoms with E-state index in [9.17, 15) is 12.8 Å². The van der Waals surface area contributed by atoms with Gasteiger partial charge in [0, 0.05) is 24.1 Å². The van der Waals surface area contributed by atoms with E-state index >= 15 is 0 Å². The fraction of sp³-hybridized carbons (Fsp3) is 0.455. The van der Waals surface area contributed by atoms with Crippen molar-refractivity contribution in [3.05, 3.63) is 24.0 Å². The van der Waals surface area contributed by atoms with Gasteiger partial charge < -0.3 is 10.1 Å². The van der Waals surface area contributed by atoms with Crippen LogP contribution < -0.4 is 10.1 Å². The van der Waals surface area contributed by atoms with Crippen LogP contribution in [0.2, 0.25) is 0 Å². The fourth-order valence-corrected chi connectivity index (χ4v) is 1.97. The Balaban J connectivity index is 2.58. The summed E-state index contributed by atoms with van der Waals surface area (Å²) in [6.07, 6.45) is 0. The predicted octanol–water partition coefficient (Wildman–Crippen LogP) is 1.68. The number of methoxy groups -OCH3 is 1. The second-order valence-electron chi connectivity index (χ2n) is 3.51. The minimum atomic E-state index is -2.98. The van der Waals surface area contributed by atoms with Crippen molar-refractivity contribution >= 4 is 15.5 Å². The monoisotopic (exact) mass is 261 g/mol. The summed E-state index contributed by atoms with van der Waals surface area (Å²) < 4.78 is 40.4. The molecule has 0 fully saturated rings. The zero-order valence-electron chi connectivity index (χ0n) is 9.86. The Labute approximate surface area is 101 Å². The lowest BCUT2D eigenvalue weighted by atomic mass is 10.3. The Morgan fingerprint density at radius 2 is 2.12 bits per heavy atom. The van der Waals surface area contributed by atoms with Crippen LogP contribution >= 0.6 is 0 Å². The number of sulfone groups is 1. The lowest BCUT2D eigenvalue weighted by Gasteiger charge is -2.08. The first-order valence-electron chi connectivity index (χ1n) is 5.26. The van der Waals surface area contributed by atoms with Gasteiger partial charge in [-0.2, -0.15) is 0 Å². The average Bonchev–Trinajstić information content (AvgIpc) is 2.31. The second kappa shape index (κ2) is 5.86. The molecule has 1 aromatic rings. The molecule has 1 N–H and O–H groups in total. The summed E-state index contributed by atoms with van der Waals surface area (Å²) in [5.74, 6) is -0.127. The smallest absolute Gasteiger partial charge is 0.165 e. The zero-order valence-corrected chi connectivity index (χ0v) is 10.7. The summed E-state index contributed by atoms with van der Waals surface area (Å²) in [6.45, 7) is 1.90. The average molecular weight is 261 g/mol. The normalized spacial score (nSPS) is 11.2. The molecule has 0 radical (unpaired) electrons. The summed E-state index contributed by atoms with van der Waals surface area (Å²) in [7, 11) is -1.60. The van der Waals surface area contributed by atoms with E-state index < -0.39 is 15.7 Å². The van der Waals surface area contributed by atoms with Gasteiger partial charge in [-0.3, -0.25) is 0 Å². The van der Waals surface area contributed by atoms with Crippen molar-refractivity contribution in [2.75, 3.05) is 30.5 Å². The number of anilines is 1. The van der Waals surface area contributed by atoms with Crippen molar-refractivity contribution in [1.29, 1.82) is 0 Å². The second-order valence-corrected chi connectivity index (χ2v) is 5.99. The maximum Gasteiger partial charge on any atom is 0.165 e. The van der Waals surface area contributed by atoms with Crippen LogP contribution in [0.25, 0.3) is 0 Å². The molecule has 0 aliphatic carbocycles. The molecule has 0 saturated carbocycles. The Bertz CT molecular complexity index is 474. The first-order valence-corrected chi connectivity index (χ1v) is 7.08. The molecule has 0 aliphatic rings. The van der Waals surface area contributed by atoms with E-state index in [0.717, 1.165) is 0 Å². The first-order chi connectivity index (χ1) is 7.98. The van der Waals surface area contributed by atoms with E-state index in [1.54, 1.807) is 6.92 Å². The van der Waals surface area contributed by atoms with Gasteiger partial charge in [0.25, 0.3) is 0 Å². The minimum Gasteiger partial charge on any atom is -0.494 e. The molecule has 0 atom stereocenters. The lowest BCUT2D eigenvalue weighted by molar-refractivity contribution is 0.387. The third-order valence-electron chi connectivity index (χ3n) is 2.33. The minimum absolute atomic E-state index is 0.0587. The van der Waals surface area contributed by atoms with Gasteiger partial charge in [-0.25, -0.2) is 12.8 Å². The molecule has 1 rings (SSSR count). The van der Waals surface area contributed by atoms with Gasteiger partial charge in [0.15, 0.2) is 21.4 Å². The van der Waals surface area contributed by atoms with E-state index in [1.807, 2.05) is 0 Å². The number of halogens is 1. The molecule has 0 bridgehead atoms. The fourth-order valence-electron chi connectivity index (χ4n) is 1.26. The molecule has 0 aliphatic heterocycles. The summed E-state index contributed by atoms with van der Waals surface area (Å²) >= 11 is 0. The number of nitrogens with one attached hydrogen (secondary N) is 1. The molecule has 0 spiro atoms. The Morgan fingerprint density at radius 1 is 1.41 bits per heavy atom. The standard InChI is InChI=1S/C11H16FNO3S/c1-3-17(14,15)7-6-13-9-4-5-10(12)11(8-9)16-2/h4-5,8,13H,3,6-7H2,1-2H3. The quantitative estimate of drug-likeness (QED) is 0.846. The maximum atomic E-state index is 13.1. The van der Waals surface area contributed by atoms with Gasteiger partial charge >= 0.3 is 0 Å². The highest BCUT2D eigenvalue weighted by molar-refractivity contribution is 7.91. The van der Waals surface area contributed by atoms with Crippen LogP contribution in [0.4, 0.5) is 10.1 Å². The molecule has 1 aromatic carbocycles. The number of benzene rings is 1. The number of hydrogen-bond donors (Lipinski definition) is 1. The van der Waals surface area contributed by atoms with E-state index in [-0.39, 0.29) is 17.3 Å². The van der Waals surface area contributed by atoms with Crippen molar-refractivity contribution in [1.82, 2.24) is 0 Å². The topological polar surface area (TPSA) is 55.4 Å². The van der Waals surface area contributed by atoms with Gasteiger partial charge in [0.2, 0.25) is 0 Å². The molecule has 96 valence electrons. The van der Waals surface area contributed by atoms with Crippen LogP contribution in [-0.4, -0.2) is 33.6 Å². The summed E-state index contributed by atoms with van der Waals surface area (Å²) in [5.41, 5.74) is 0.634. The van der Waals surface area contributed by atoms with Gasteiger partial charge in [0.05, 0.1) is 12.9 Å². The van der Waals surface area contributed by atoms with Crippen LogP contribution in [0.3, 0.4) is 0 Å². The summed E-state index contributed by atoms with van der Waals surface area (Å²) in [6, 6.07) is 4.31. The molecular weight excluding hydrogens is 245 g/mol. The van der Waals surface area contributed by atoms with E-state index in [1.165, 1.54) is 25.3 Å². The maximum absolute atomic E-state index is 13.1. The van der Waals surface area contributed by atoms with Crippen LogP contribution in [0.5, 0.6) is 5.75 Å². The zero-order chi connectivity index (χ0) is 12.9. The molecule has 17 heavy (non-hydrogen) atoms. The van der Waals surface area contributed by atoms with Crippen LogP contribution in [0.1, 0.15) is 6.92 Å². The Hall–Kier alpha value is -1.30. The van der Waals surface area contributed by atoms with E-state index in [4.69, 9.17) is 4.74 Å². The van der Waals surface area contributed by atoms with Gasteiger partial charge in [-0.1, -0.05) is 6.92 Å². The van der Waals surface area contributed by atoms with Gasteiger partial charge in [0.1, 0.15) is 0 Å². The van der Waals surface area contributed by atoms with Crippen molar-refractivity contribution in [2.45, 2.75) is 6.92 Å². The Kier molecular flexibility index (Phi) is 4.74. The predicted molar refractivity (Wildman–Crippen MR) is 65.8 cm³/mol. The van der Waals surface area contributed by atoms with Crippen molar-refractivity contribution in [3.8, 4) is 5.75 Å². The van der Waals surface area contributed by atoms with Crippen molar-refractivity contribution in [2.24, 2.45) is 0 Å². The molecule has 4 nitrogen and oxygen atoms in total. The summed E-state index contributed by atoms with van der Waals surface area (Å²) in [4.78, 5) is 0. The highest BCUT2D eigenvalue weighted by atomic mass is 32.2. The van der Waals surface area contributed by atoms with Gasteiger partial charge in [-0.05, 0) is 12.1 Å². The molecule has 0 saturated heterocycles. The molecule has 0 amide bonds. The highest BCUT2D eigenvalue weighted by Gasteiger charge is 2.07. The Morgan fingerprint density at radius 3 is 2.71 bits per heavy atom. The third-order valence-corrected chi connectivity index (χ3v) is 4.04. The number of hydrogen-bond acceptors (Lipinski definition) is 4. The highest BCUT2D eigenvalue weighted by Crippen LogP contribution is 2.21. The third kappa shape index (κ3) is 4.22. The largest absolute Gasteiger partial charge is 0.494 e. The molecule has 0 aromatic heterocycles. The molecule has 6 heteroatoms. The van der Waals surface area contributed by atoms with Crippen LogP contribution in [0.15, 0.2) is 18.2 Å². The van der Waals surface area contributed by atoms with E-state index in [0.29, 0.717) is 12.2 Å². The van der Waals surface area contributed by atoms with E-state index in [2.05, 4.69) is 5.32 Å². The van der Waals surface area contributed by atoms with Crippen molar-refractivity contribution < 1.29 is 17.5 Å². The first kappa shape index (κ1) is 13.8. The molecule has 0 unspecified atom stereocenters. The molecular formula is C11H16FNO3S. The van der Waals surface area contributed by atoms with Crippen molar-refractivity contribution in [3.63, 3.8) is 0 Å². The van der Waals surface area contributed by atoms with Gasteiger partial charge in [-0.15, -0.1) is 0 Å². The lowest BCUT2D eigenvalue weighted by Crippen LogP contribution is -2.17. The SMILES string of the molecule is CCS(=O)(=O)CCNc1ccc(F)c(OC)c1. The van der Waals surface area contributed by atoms with Crippen LogP contribution in [0, 0.1) is 5.82 Å². The number of ether oxygens (including phenoxy) is 1. The molecule has 0 heterocycles. The van der Waals surface area contributed by atoms with Crippen LogP contribution in [-0.2, 0) is 9.84 Å². The summed E-state index contributed by atoms with van der Waals surface area (Å²) in [5, 5.41) is 2.91.